The summed E-state index contributed by atoms with van der Waals surface area (Å²) in [5, 5.41) is 7.37. The maximum atomic E-state index is 11.8. The number of ether oxygens (including phenoxy) is 1. The highest BCUT2D eigenvalue weighted by Crippen LogP contribution is 2.22. The Hall–Kier alpha value is -2.30. The predicted molar refractivity (Wildman–Crippen MR) is 74.7 cm³/mol. The third kappa shape index (κ3) is 2.27. The minimum absolute atomic E-state index is 0.0808. The number of benzene rings is 1. The molecule has 104 valence electrons. The zero-order valence-corrected chi connectivity index (χ0v) is 11.6. The van der Waals surface area contributed by atoms with Crippen LogP contribution >= 0.6 is 0 Å². The number of nitrogens with zero attached hydrogens (tertiary/aromatic N) is 2. The standard InChI is InChI=1S/C15H17N3O2/c1-15(2)10-16-14(19)13-8-11(17-18(13)15)9-20-12-6-4-3-5-7-12/h3-8H,9-10H2,1-2H3,(H,16,19). The third-order valence-electron chi connectivity index (χ3n) is 3.38. The van der Waals surface area contributed by atoms with Crippen LogP contribution in [0.25, 0.3) is 0 Å². The first kappa shape index (κ1) is 12.7. The number of hydrogen-bond donors (Lipinski definition) is 1. The summed E-state index contributed by atoms with van der Waals surface area (Å²) in [7, 11) is 0. The van der Waals surface area contributed by atoms with Crippen molar-refractivity contribution in [3.63, 3.8) is 0 Å². The van der Waals surface area contributed by atoms with Gasteiger partial charge < -0.3 is 10.1 Å². The van der Waals surface area contributed by atoms with Crippen LogP contribution in [-0.2, 0) is 12.1 Å². The van der Waals surface area contributed by atoms with Gasteiger partial charge in [-0.1, -0.05) is 18.2 Å². The first-order valence-electron chi connectivity index (χ1n) is 6.62. The van der Waals surface area contributed by atoms with Gasteiger partial charge >= 0.3 is 0 Å². The Labute approximate surface area is 117 Å². The van der Waals surface area contributed by atoms with Crippen molar-refractivity contribution in [2.75, 3.05) is 6.54 Å². The van der Waals surface area contributed by atoms with E-state index in [1.54, 1.807) is 10.7 Å². The van der Waals surface area contributed by atoms with Gasteiger partial charge in [-0.15, -0.1) is 0 Å². The van der Waals surface area contributed by atoms with Crippen molar-refractivity contribution in [2.45, 2.75) is 26.0 Å². The Morgan fingerprint density at radius 2 is 2.10 bits per heavy atom. The lowest BCUT2D eigenvalue weighted by Gasteiger charge is -2.31. The lowest BCUT2D eigenvalue weighted by Crippen LogP contribution is -2.48. The molecule has 1 N–H and O–H groups in total. The van der Waals surface area contributed by atoms with Crippen molar-refractivity contribution in [1.29, 1.82) is 0 Å². The summed E-state index contributed by atoms with van der Waals surface area (Å²) in [6.07, 6.45) is 0. The average Bonchev–Trinajstić information content (AvgIpc) is 2.88. The summed E-state index contributed by atoms with van der Waals surface area (Å²) in [5.74, 6) is 0.713. The number of carbonyl (C=O) groups is 1. The molecule has 0 fully saturated rings. The van der Waals surface area contributed by atoms with Gasteiger partial charge in [0.25, 0.3) is 5.91 Å². The van der Waals surface area contributed by atoms with Crippen LogP contribution in [0.15, 0.2) is 36.4 Å². The van der Waals surface area contributed by atoms with E-state index in [4.69, 9.17) is 4.74 Å². The van der Waals surface area contributed by atoms with Crippen molar-refractivity contribution in [3.05, 3.63) is 47.8 Å². The van der Waals surface area contributed by atoms with Crippen LogP contribution in [0.1, 0.15) is 30.0 Å². The molecule has 0 radical (unpaired) electrons. The molecule has 5 nitrogen and oxygen atoms in total. The first-order chi connectivity index (χ1) is 9.56. The molecule has 1 aromatic carbocycles. The van der Waals surface area contributed by atoms with Gasteiger partial charge in [-0.25, -0.2) is 0 Å². The number of fused-ring (bicyclic) bond motifs is 1. The second-order valence-corrected chi connectivity index (χ2v) is 5.53. The number of rotatable bonds is 3. The van der Waals surface area contributed by atoms with E-state index >= 15 is 0 Å². The van der Waals surface area contributed by atoms with Crippen molar-refractivity contribution in [1.82, 2.24) is 15.1 Å². The molecule has 0 bridgehead atoms. The fourth-order valence-electron chi connectivity index (χ4n) is 2.26. The summed E-state index contributed by atoms with van der Waals surface area (Å²) in [6.45, 7) is 5.03. The van der Waals surface area contributed by atoms with Crippen molar-refractivity contribution >= 4 is 5.91 Å². The highest BCUT2D eigenvalue weighted by atomic mass is 16.5. The highest BCUT2D eigenvalue weighted by molar-refractivity contribution is 5.93. The Bertz CT molecular complexity index is 632. The minimum Gasteiger partial charge on any atom is -0.487 e. The van der Waals surface area contributed by atoms with Crippen LogP contribution in [0.4, 0.5) is 0 Å². The smallest absolute Gasteiger partial charge is 0.269 e. The van der Waals surface area contributed by atoms with Gasteiger partial charge in [0, 0.05) is 6.54 Å². The second-order valence-electron chi connectivity index (χ2n) is 5.53. The second kappa shape index (κ2) is 4.67. The summed E-state index contributed by atoms with van der Waals surface area (Å²) in [4.78, 5) is 11.8. The molecule has 2 heterocycles. The topological polar surface area (TPSA) is 56.1 Å². The molecule has 20 heavy (non-hydrogen) atoms. The molecule has 0 atom stereocenters. The number of nitrogens with one attached hydrogen (secondary N) is 1. The zero-order valence-electron chi connectivity index (χ0n) is 11.6. The summed E-state index contributed by atoms with van der Waals surface area (Å²) in [6, 6.07) is 11.4. The number of para-hydroxylation sites is 1. The van der Waals surface area contributed by atoms with Gasteiger partial charge in [0.15, 0.2) is 0 Å². The predicted octanol–water partition coefficient (Wildman–Crippen LogP) is 1.94. The molecule has 0 spiro atoms. The van der Waals surface area contributed by atoms with E-state index in [9.17, 15) is 4.79 Å². The fraction of sp³-hybridized carbons (Fsp3) is 0.333. The Morgan fingerprint density at radius 1 is 1.35 bits per heavy atom. The van der Waals surface area contributed by atoms with E-state index in [-0.39, 0.29) is 11.4 Å². The van der Waals surface area contributed by atoms with Gasteiger partial charge in [0.1, 0.15) is 23.7 Å². The normalized spacial score (nSPS) is 16.4. The van der Waals surface area contributed by atoms with Crippen LogP contribution in [0.3, 0.4) is 0 Å². The lowest BCUT2D eigenvalue weighted by molar-refractivity contribution is 0.0877. The highest BCUT2D eigenvalue weighted by Gasteiger charge is 2.32. The van der Waals surface area contributed by atoms with Crippen LogP contribution < -0.4 is 10.1 Å². The molecule has 5 heteroatoms. The van der Waals surface area contributed by atoms with E-state index in [2.05, 4.69) is 10.4 Å². The zero-order chi connectivity index (χ0) is 14.2. The molecular weight excluding hydrogens is 254 g/mol. The van der Waals surface area contributed by atoms with Crippen LogP contribution in [0.2, 0.25) is 0 Å². The van der Waals surface area contributed by atoms with E-state index in [1.807, 2.05) is 44.2 Å². The Kier molecular flexibility index (Phi) is 2.97. The van der Waals surface area contributed by atoms with E-state index in [0.717, 1.165) is 11.4 Å². The number of hydrogen-bond acceptors (Lipinski definition) is 3. The maximum absolute atomic E-state index is 11.8. The van der Waals surface area contributed by atoms with Crippen molar-refractivity contribution in [2.24, 2.45) is 0 Å². The number of amides is 1. The average molecular weight is 271 g/mol. The summed E-state index contributed by atoms with van der Waals surface area (Å²) in [5.41, 5.74) is 1.13. The molecule has 1 aliphatic rings. The SMILES string of the molecule is CC1(C)CNC(=O)c2cc(COc3ccccc3)nn21. The summed E-state index contributed by atoms with van der Waals surface area (Å²) >= 11 is 0. The molecule has 1 amide bonds. The monoisotopic (exact) mass is 271 g/mol. The van der Waals surface area contributed by atoms with Gasteiger partial charge in [-0.3, -0.25) is 9.48 Å². The van der Waals surface area contributed by atoms with Gasteiger partial charge in [-0.05, 0) is 32.0 Å². The molecule has 2 aromatic rings. The molecule has 1 aliphatic heterocycles. The van der Waals surface area contributed by atoms with E-state index < -0.39 is 0 Å². The van der Waals surface area contributed by atoms with E-state index in [1.165, 1.54) is 0 Å². The lowest BCUT2D eigenvalue weighted by atomic mass is 10.0. The Morgan fingerprint density at radius 3 is 2.80 bits per heavy atom. The Balaban J connectivity index is 1.81. The first-order valence-corrected chi connectivity index (χ1v) is 6.62. The number of carbonyl (C=O) groups excluding carboxylic acids is 1. The molecule has 0 aliphatic carbocycles. The van der Waals surface area contributed by atoms with Gasteiger partial charge in [-0.2, -0.15) is 5.10 Å². The molecule has 0 unspecified atom stereocenters. The third-order valence-corrected chi connectivity index (χ3v) is 3.38. The maximum Gasteiger partial charge on any atom is 0.269 e. The van der Waals surface area contributed by atoms with Crippen molar-refractivity contribution < 1.29 is 9.53 Å². The number of aromatic nitrogens is 2. The van der Waals surface area contributed by atoms with Gasteiger partial charge in [0.05, 0.1) is 5.54 Å². The molecule has 0 saturated heterocycles. The largest absolute Gasteiger partial charge is 0.487 e. The van der Waals surface area contributed by atoms with Crippen LogP contribution in [0, 0.1) is 0 Å². The fourth-order valence-corrected chi connectivity index (χ4v) is 2.26. The van der Waals surface area contributed by atoms with Crippen LogP contribution in [-0.4, -0.2) is 22.2 Å². The quantitative estimate of drug-likeness (QED) is 0.928. The summed E-state index contributed by atoms with van der Waals surface area (Å²) < 4.78 is 7.45. The minimum atomic E-state index is -0.214. The molecule has 0 saturated carbocycles. The van der Waals surface area contributed by atoms with Crippen molar-refractivity contribution in [3.8, 4) is 5.75 Å². The molecule has 3 rings (SSSR count). The van der Waals surface area contributed by atoms with E-state index in [0.29, 0.717) is 18.8 Å². The van der Waals surface area contributed by atoms with Gasteiger partial charge in [0.2, 0.25) is 0 Å². The van der Waals surface area contributed by atoms with Crippen LogP contribution in [0.5, 0.6) is 5.75 Å². The molecule has 1 aromatic heterocycles. The molecular formula is C15H17N3O2.